The lowest BCUT2D eigenvalue weighted by atomic mass is 10.1. The number of imidazole rings is 1. The summed E-state index contributed by atoms with van der Waals surface area (Å²) < 4.78 is 29.0. The maximum Gasteiger partial charge on any atom is 0.335 e. The first-order valence-electron chi connectivity index (χ1n) is 12.2. The number of nitrogen functional groups attached to an aromatic ring is 1. The Labute approximate surface area is 203 Å². The number of aromatic nitrogens is 4. The number of ether oxygens (including phenoxy) is 1. The molecule has 2 saturated heterocycles. The summed E-state index contributed by atoms with van der Waals surface area (Å²) in [5.74, 6) is 0.283. The number of nitrogens with two attached hydrogens (primary N) is 1. The van der Waals surface area contributed by atoms with Gasteiger partial charge < -0.3 is 28.5 Å². The van der Waals surface area contributed by atoms with Gasteiger partial charge in [-0.15, -0.1) is 0 Å². The van der Waals surface area contributed by atoms with Crippen molar-refractivity contribution in [2.75, 3.05) is 12.3 Å². The lowest BCUT2D eigenvalue weighted by Gasteiger charge is -2.51. The molecule has 34 heavy (non-hydrogen) atoms. The molecule has 0 unspecified atom stereocenters. The minimum atomic E-state index is -2.86. The van der Waals surface area contributed by atoms with Gasteiger partial charge in [0.25, 0.3) is 0 Å². The van der Waals surface area contributed by atoms with Crippen LogP contribution in [0.1, 0.15) is 61.6 Å². The molecule has 4 heterocycles. The summed E-state index contributed by atoms with van der Waals surface area (Å²) in [7, 11) is -5.54. The number of fused-ring (bicyclic) bond motifs is 2. The van der Waals surface area contributed by atoms with Crippen LogP contribution in [0.3, 0.4) is 0 Å². The van der Waals surface area contributed by atoms with E-state index in [1.54, 1.807) is 10.9 Å². The topological polar surface area (TPSA) is 127 Å². The molecule has 0 saturated carbocycles. The van der Waals surface area contributed by atoms with Crippen molar-refractivity contribution in [1.82, 2.24) is 19.5 Å². The van der Waals surface area contributed by atoms with Crippen molar-refractivity contribution in [3.63, 3.8) is 0 Å². The van der Waals surface area contributed by atoms with E-state index in [0.717, 1.165) is 0 Å². The average molecular weight is 512 g/mol. The lowest BCUT2D eigenvalue weighted by Crippen LogP contribution is -2.65. The molecule has 12 heteroatoms. The molecule has 0 bridgehead atoms. The number of aliphatic hydroxyl groups excluding tert-OH is 1. The quantitative estimate of drug-likeness (QED) is 0.457. The van der Waals surface area contributed by atoms with Crippen LogP contribution in [0.25, 0.3) is 11.2 Å². The highest BCUT2D eigenvalue weighted by atomic mass is 28.5. The fourth-order valence-corrected chi connectivity index (χ4v) is 16.6. The highest BCUT2D eigenvalue weighted by Crippen LogP contribution is 2.48. The maximum absolute atomic E-state index is 11.5. The molecule has 3 N–H and O–H groups in total. The van der Waals surface area contributed by atoms with Crippen LogP contribution in [0, 0.1) is 0 Å². The fourth-order valence-electron chi connectivity index (χ4n) is 5.42. The summed E-state index contributed by atoms with van der Waals surface area (Å²) >= 11 is 0. The third-order valence-electron chi connectivity index (χ3n) is 7.30. The van der Waals surface area contributed by atoms with Crippen LogP contribution in [0.2, 0.25) is 22.2 Å². The van der Waals surface area contributed by atoms with Gasteiger partial charge in [-0.05, 0) is 22.2 Å². The molecule has 2 aromatic heterocycles. The van der Waals surface area contributed by atoms with Crippen LogP contribution >= 0.6 is 0 Å². The van der Waals surface area contributed by atoms with Crippen LogP contribution in [0.15, 0.2) is 12.7 Å². The van der Waals surface area contributed by atoms with Gasteiger partial charge in [-0.3, -0.25) is 4.57 Å². The van der Waals surface area contributed by atoms with Crippen LogP contribution < -0.4 is 5.73 Å². The van der Waals surface area contributed by atoms with Gasteiger partial charge in [0, 0.05) is 0 Å². The minimum absolute atomic E-state index is 0.159. The van der Waals surface area contributed by atoms with Crippen molar-refractivity contribution in [3.8, 4) is 0 Å². The lowest BCUT2D eigenvalue weighted by molar-refractivity contribution is -0.0570. The summed E-state index contributed by atoms with van der Waals surface area (Å²) in [5, 5.41) is 11.5. The Bertz CT molecular complexity index is 1000. The van der Waals surface area contributed by atoms with Gasteiger partial charge in [0.15, 0.2) is 17.7 Å². The number of hydrogen-bond acceptors (Lipinski definition) is 9. The van der Waals surface area contributed by atoms with E-state index in [-0.39, 0.29) is 28.0 Å². The predicted octanol–water partition coefficient (Wildman–Crippen LogP) is 3.62. The van der Waals surface area contributed by atoms with E-state index < -0.39 is 41.7 Å². The number of hydrogen-bond donors (Lipinski definition) is 2. The van der Waals surface area contributed by atoms with Crippen molar-refractivity contribution in [1.29, 1.82) is 0 Å². The summed E-state index contributed by atoms with van der Waals surface area (Å²) in [5.41, 5.74) is 7.73. The van der Waals surface area contributed by atoms with E-state index in [1.165, 1.54) is 6.33 Å². The number of rotatable bonds is 5. The zero-order valence-corrected chi connectivity index (χ0v) is 23.4. The van der Waals surface area contributed by atoms with E-state index in [2.05, 4.69) is 70.3 Å². The molecular formula is C22H39N5O5Si2. The van der Waals surface area contributed by atoms with Gasteiger partial charge in [0.05, 0.1) is 12.9 Å². The normalized spacial score (nSPS) is 29.2. The summed E-state index contributed by atoms with van der Waals surface area (Å²) in [4.78, 5) is 12.7. The molecule has 2 aliphatic heterocycles. The van der Waals surface area contributed by atoms with E-state index in [4.69, 9.17) is 23.4 Å². The highest BCUT2D eigenvalue weighted by Gasteiger charge is 2.61. The van der Waals surface area contributed by atoms with Gasteiger partial charge in [-0.1, -0.05) is 55.4 Å². The Morgan fingerprint density at radius 1 is 1.03 bits per heavy atom. The molecule has 2 aromatic rings. The van der Waals surface area contributed by atoms with Crippen LogP contribution in [-0.2, 0) is 17.7 Å². The molecule has 0 amide bonds. The van der Waals surface area contributed by atoms with Crippen LogP contribution in [0.4, 0.5) is 5.82 Å². The Morgan fingerprint density at radius 2 is 1.68 bits per heavy atom. The van der Waals surface area contributed by atoms with Crippen molar-refractivity contribution in [3.05, 3.63) is 12.7 Å². The van der Waals surface area contributed by atoms with Crippen molar-refractivity contribution in [2.24, 2.45) is 0 Å². The third kappa shape index (κ3) is 3.92. The number of anilines is 1. The fraction of sp³-hybridized carbons (Fsp3) is 0.773. The summed E-state index contributed by atoms with van der Waals surface area (Å²) in [6.07, 6.45) is 0.225. The summed E-state index contributed by atoms with van der Waals surface area (Å²) in [6, 6.07) is 0. The second-order valence-electron chi connectivity index (χ2n) is 10.7. The van der Waals surface area contributed by atoms with E-state index >= 15 is 0 Å². The third-order valence-corrected chi connectivity index (χ3v) is 17.6. The molecule has 0 radical (unpaired) electrons. The SMILES string of the molecule is CC(C)[Si]1(C(C)C)OC[C@H]2O[C@@H](n3cnc4c(N)ncnc43)[C@@H](O)[C@@H]2[18O][Si](C(C)C)(C(C)C)O1. The second-order valence-corrected chi connectivity index (χ2v) is 19.5. The monoisotopic (exact) mass is 511 g/mol. The maximum atomic E-state index is 11.5. The zero-order valence-electron chi connectivity index (χ0n) is 21.4. The summed E-state index contributed by atoms with van der Waals surface area (Å²) in [6.45, 7) is 17.7. The molecule has 0 aromatic carbocycles. The first-order valence-corrected chi connectivity index (χ1v) is 16.2. The molecule has 4 atom stereocenters. The number of nitrogens with zero attached hydrogens (tertiary/aromatic N) is 4. The van der Waals surface area contributed by atoms with Crippen LogP contribution in [-0.4, -0.2) is 66.7 Å². The smallest absolute Gasteiger partial charge is 0.335 e. The van der Waals surface area contributed by atoms with Crippen molar-refractivity contribution in [2.45, 2.75) is 102 Å². The molecule has 0 aliphatic carbocycles. The van der Waals surface area contributed by atoms with Crippen molar-refractivity contribution < 1.29 is 22.8 Å². The Hall–Kier alpha value is -1.42. The first kappa shape index (κ1) is 25.7. The molecule has 2 aliphatic rings. The average Bonchev–Trinajstić information content (AvgIpc) is 3.29. The standard InChI is InChI=1S/C22H39N5O5Si2/c1-12(2)33(13(3)4)29-9-16-19(31-34(32-33,14(5)6)15(7)8)18(28)22(30-16)27-11-26-17-20(23)24-10-25-21(17)27/h10-16,18-19,22,28H,9H2,1-8H3,(H2,23,24,25)/t16-,18+,19-,22-/m1/s1/i31+2. The van der Waals surface area contributed by atoms with Gasteiger partial charge in [-0.25, -0.2) is 15.0 Å². The van der Waals surface area contributed by atoms with Gasteiger partial charge in [0.2, 0.25) is 0 Å². The van der Waals surface area contributed by atoms with E-state index in [9.17, 15) is 5.11 Å². The largest absolute Gasteiger partial charge is 0.414 e. The van der Waals surface area contributed by atoms with Gasteiger partial charge in [-0.2, -0.15) is 0 Å². The van der Waals surface area contributed by atoms with E-state index in [1.807, 2.05) is 0 Å². The Morgan fingerprint density at radius 3 is 2.26 bits per heavy atom. The first-order chi connectivity index (χ1) is 15.9. The zero-order chi connectivity index (χ0) is 25.0. The molecule has 0 spiro atoms. The van der Waals surface area contributed by atoms with E-state index in [0.29, 0.717) is 17.8 Å². The predicted molar refractivity (Wildman–Crippen MR) is 133 cm³/mol. The molecule has 2 fully saturated rings. The van der Waals surface area contributed by atoms with Crippen molar-refractivity contribution >= 4 is 34.1 Å². The number of aliphatic hydroxyl groups is 1. The van der Waals surface area contributed by atoms with Gasteiger partial charge >= 0.3 is 17.1 Å². The Balaban J connectivity index is 1.77. The second kappa shape index (κ2) is 9.23. The minimum Gasteiger partial charge on any atom is -0.414 e. The van der Waals surface area contributed by atoms with Gasteiger partial charge in [0.1, 0.15) is 30.2 Å². The molecule has 4 rings (SSSR count). The Kier molecular flexibility index (Phi) is 6.97. The highest BCUT2D eigenvalue weighted by molar-refractivity contribution is 6.83. The molecular weight excluding hydrogens is 472 g/mol. The molecule has 190 valence electrons. The molecule has 10 nitrogen and oxygen atoms in total. The van der Waals surface area contributed by atoms with Crippen LogP contribution in [0.5, 0.6) is 0 Å².